The monoisotopic (exact) mass is 467 g/mol. The third kappa shape index (κ3) is 5.54. The zero-order chi connectivity index (χ0) is 24.9. The summed E-state index contributed by atoms with van der Waals surface area (Å²) in [5.41, 5.74) is 0.222. The lowest BCUT2D eigenvalue weighted by Crippen LogP contribution is -2.32. The maximum atomic E-state index is 13.3. The van der Waals surface area contributed by atoms with E-state index in [1.54, 1.807) is 35.8 Å². The number of rotatable bonds is 7. The molecule has 1 amide bonds. The van der Waals surface area contributed by atoms with Crippen molar-refractivity contribution >= 4 is 5.91 Å². The first-order valence-corrected chi connectivity index (χ1v) is 10.8. The second-order valence-electron chi connectivity index (χ2n) is 7.96. The van der Waals surface area contributed by atoms with Crippen molar-refractivity contribution in [1.29, 1.82) is 5.26 Å². The standard InChI is InChI=1S/C26H24F3N3O2/c1-3-4-12-31-25(34)22-16-32(15-19-10-8-18(14-30)9-11-19)17(2)23(24(22)33)20-6-5-7-21(13-20)26(27,28)29/h5-11,13,16H,3-4,12,15H2,1-2H3,(H,31,34). The Hall–Kier alpha value is -3.86. The molecule has 2 aromatic carbocycles. The van der Waals surface area contributed by atoms with Crippen molar-refractivity contribution in [3.63, 3.8) is 0 Å². The van der Waals surface area contributed by atoms with Crippen LogP contribution in [0.25, 0.3) is 11.1 Å². The molecule has 34 heavy (non-hydrogen) atoms. The van der Waals surface area contributed by atoms with Crippen LogP contribution in [0.3, 0.4) is 0 Å². The van der Waals surface area contributed by atoms with Gasteiger partial charge in [-0.1, -0.05) is 37.6 Å². The van der Waals surface area contributed by atoms with E-state index in [9.17, 15) is 22.8 Å². The highest BCUT2D eigenvalue weighted by molar-refractivity contribution is 5.95. The lowest BCUT2D eigenvalue weighted by Gasteiger charge is -2.18. The molecule has 0 aliphatic heterocycles. The van der Waals surface area contributed by atoms with Gasteiger partial charge < -0.3 is 9.88 Å². The fourth-order valence-electron chi connectivity index (χ4n) is 3.63. The van der Waals surface area contributed by atoms with E-state index in [2.05, 4.69) is 5.32 Å². The molecule has 1 N–H and O–H groups in total. The molecule has 3 rings (SSSR count). The number of amides is 1. The van der Waals surface area contributed by atoms with Gasteiger partial charge in [-0.25, -0.2) is 0 Å². The molecule has 0 unspecified atom stereocenters. The highest BCUT2D eigenvalue weighted by atomic mass is 19.4. The first-order valence-electron chi connectivity index (χ1n) is 10.8. The summed E-state index contributed by atoms with van der Waals surface area (Å²) in [6.45, 7) is 4.25. The van der Waals surface area contributed by atoms with Crippen LogP contribution in [0.1, 0.15) is 52.5 Å². The molecule has 0 fully saturated rings. The van der Waals surface area contributed by atoms with Crippen molar-refractivity contribution in [2.45, 2.75) is 39.4 Å². The molecule has 0 radical (unpaired) electrons. The Morgan fingerprint density at radius 1 is 1.15 bits per heavy atom. The van der Waals surface area contributed by atoms with Gasteiger partial charge in [-0.05, 0) is 48.7 Å². The topological polar surface area (TPSA) is 74.9 Å². The van der Waals surface area contributed by atoms with Crippen LogP contribution in [0.15, 0.2) is 59.5 Å². The minimum absolute atomic E-state index is 0.0443. The van der Waals surface area contributed by atoms with Crippen molar-refractivity contribution in [3.05, 3.63) is 92.9 Å². The number of carbonyl (C=O) groups excluding carboxylic acids is 1. The highest BCUT2D eigenvalue weighted by Gasteiger charge is 2.31. The highest BCUT2D eigenvalue weighted by Crippen LogP contribution is 2.32. The number of nitriles is 1. The molecule has 5 nitrogen and oxygen atoms in total. The number of unbranched alkanes of at least 4 members (excludes halogenated alkanes) is 1. The second kappa shape index (κ2) is 10.4. The van der Waals surface area contributed by atoms with Gasteiger partial charge in [0.25, 0.3) is 5.91 Å². The number of benzene rings is 2. The van der Waals surface area contributed by atoms with Gasteiger partial charge in [0.1, 0.15) is 5.56 Å². The van der Waals surface area contributed by atoms with Gasteiger partial charge in [0.15, 0.2) is 0 Å². The Morgan fingerprint density at radius 3 is 2.47 bits per heavy atom. The van der Waals surface area contributed by atoms with Crippen LogP contribution >= 0.6 is 0 Å². The van der Waals surface area contributed by atoms with Crippen LogP contribution in [-0.4, -0.2) is 17.0 Å². The molecule has 0 saturated heterocycles. The number of pyridine rings is 1. The quantitative estimate of drug-likeness (QED) is 0.480. The minimum atomic E-state index is -4.57. The Kier molecular flexibility index (Phi) is 7.57. The molecule has 1 aromatic heterocycles. The average molecular weight is 467 g/mol. The summed E-state index contributed by atoms with van der Waals surface area (Å²) in [5, 5.41) is 11.7. The van der Waals surface area contributed by atoms with E-state index in [1.807, 2.05) is 13.0 Å². The predicted molar refractivity (Wildman–Crippen MR) is 123 cm³/mol. The molecule has 0 aliphatic carbocycles. The minimum Gasteiger partial charge on any atom is -0.352 e. The van der Waals surface area contributed by atoms with E-state index in [1.165, 1.54) is 18.3 Å². The fraction of sp³-hybridized carbons (Fsp3) is 0.269. The zero-order valence-corrected chi connectivity index (χ0v) is 18.9. The van der Waals surface area contributed by atoms with Gasteiger partial charge in [-0.2, -0.15) is 18.4 Å². The first kappa shape index (κ1) is 24.8. The molecule has 176 valence electrons. The third-order valence-corrected chi connectivity index (χ3v) is 5.52. The van der Waals surface area contributed by atoms with E-state index < -0.39 is 23.1 Å². The van der Waals surface area contributed by atoms with Crippen molar-refractivity contribution in [2.75, 3.05) is 6.54 Å². The molecule has 8 heteroatoms. The Balaban J connectivity index is 2.16. The van der Waals surface area contributed by atoms with E-state index >= 15 is 0 Å². The van der Waals surface area contributed by atoms with E-state index in [4.69, 9.17) is 5.26 Å². The molecule has 1 heterocycles. The third-order valence-electron chi connectivity index (χ3n) is 5.52. The lowest BCUT2D eigenvalue weighted by molar-refractivity contribution is -0.137. The lowest BCUT2D eigenvalue weighted by atomic mass is 9.98. The van der Waals surface area contributed by atoms with Crippen LogP contribution in [0.5, 0.6) is 0 Å². The summed E-state index contributed by atoms with van der Waals surface area (Å²) < 4.78 is 41.6. The molecule has 0 saturated carbocycles. The predicted octanol–water partition coefficient (Wildman–Crippen LogP) is 5.29. The van der Waals surface area contributed by atoms with Crippen molar-refractivity contribution in [1.82, 2.24) is 9.88 Å². The van der Waals surface area contributed by atoms with Crippen LogP contribution in [0.2, 0.25) is 0 Å². The Bertz CT molecular complexity index is 1290. The zero-order valence-electron chi connectivity index (χ0n) is 18.9. The molecule has 3 aromatic rings. The van der Waals surface area contributed by atoms with Crippen LogP contribution in [0.4, 0.5) is 13.2 Å². The number of hydrogen-bond donors (Lipinski definition) is 1. The summed E-state index contributed by atoms with van der Waals surface area (Å²) >= 11 is 0. The van der Waals surface area contributed by atoms with E-state index in [0.717, 1.165) is 30.5 Å². The summed E-state index contributed by atoms with van der Waals surface area (Å²) in [5.74, 6) is -0.569. The largest absolute Gasteiger partial charge is 0.416 e. The smallest absolute Gasteiger partial charge is 0.352 e. The number of alkyl halides is 3. The van der Waals surface area contributed by atoms with Crippen molar-refractivity contribution < 1.29 is 18.0 Å². The van der Waals surface area contributed by atoms with Gasteiger partial charge in [0.2, 0.25) is 5.43 Å². The van der Waals surface area contributed by atoms with E-state index in [-0.39, 0.29) is 23.2 Å². The number of halogens is 3. The van der Waals surface area contributed by atoms with Crippen LogP contribution < -0.4 is 10.7 Å². The number of nitrogens with zero attached hydrogens (tertiary/aromatic N) is 2. The van der Waals surface area contributed by atoms with Gasteiger partial charge in [0, 0.05) is 30.5 Å². The van der Waals surface area contributed by atoms with E-state index in [0.29, 0.717) is 17.8 Å². The van der Waals surface area contributed by atoms with Crippen LogP contribution in [0, 0.1) is 18.3 Å². The summed E-state index contributed by atoms with van der Waals surface area (Å²) in [4.78, 5) is 26.1. The van der Waals surface area contributed by atoms with Gasteiger partial charge in [-0.3, -0.25) is 9.59 Å². The molecular formula is C26H24F3N3O2. The van der Waals surface area contributed by atoms with Gasteiger partial charge in [0.05, 0.1) is 17.2 Å². The van der Waals surface area contributed by atoms with Gasteiger partial charge >= 0.3 is 6.18 Å². The summed E-state index contributed by atoms with van der Waals surface area (Å²) in [7, 11) is 0. The molecule has 0 bridgehead atoms. The number of hydrogen-bond acceptors (Lipinski definition) is 3. The number of carbonyl (C=O) groups is 1. The number of nitrogens with one attached hydrogen (secondary N) is 1. The number of aromatic nitrogens is 1. The van der Waals surface area contributed by atoms with Crippen molar-refractivity contribution in [3.8, 4) is 17.2 Å². The first-order chi connectivity index (χ1) is 16.2. The molecule has 0 atom stereocenters. The summed E-state index contributed by atoms with van der Waals surface area (Å²) in [6, 6.07) is 13.4. The molecule has 0 aliphatic rings. The second-order valence-corrected chi connectivity index (χ2v) is 7.96. The normalized spacial score (nSPS) is 11.2. The van der Waals surface area contributed by atoms with Gasteiger partial charge in [-0.15, -0.1) is 0 Å². The fourth-order valence-corrected chi connectivity index (χ4v) is 3.63. The summed E-state index contributed by atoms with van der Waals surface area (Å²) in [6.07, 6.45) is -1.54. The Labute approximate surface area is 195 Å². The molecular weight excluding hydrogens is 443 g/mol. The molecule has 0 spiro atoms. The SMILES string of the molecule is CCCCNC(=O)c1cn(Cc2ccc(C#N)cc2)c(C)c(-c2cccc(C(F)(F)F)c2)c1=O. The van der Waals surface area contributed by atoms with Crippen LogP contribution in [-0.2, 0) is 12.7 Å². The maximum Gasteiger partial charge on any atom is 0.416 e. The van der Waals surface area contributed by atoms with Crippen molar-refractivity contribution in [2.24, 2.45) is 0 Å². The Morgan fingerprint density at radius 2 is 1.85 bits per heavy atom. The average Bonchev–Trinajstić information content (AvgIpc) is 2.81. The maximum absolute atomic E-state index is 13.3.